The van der Waals surface area contributed by atoms with Crippen LogP contribution < -0.4 is 0 Å². The smallest absolute Gasteiger partial charge is 0.142 e. The third kappa shape index (κ3) is 5.68. The number of aromatic nitrogens is 1. The second-order valence-corrected chi connectivity index (χ2v) is 7.67. The van der Waals surface area contributed by atoms with E-state index in [4.69, 9.17) is 11.6 Å². The number of allylic oxidation sites excluding steroid dienone is 1. The lowest BCUT2D eigenvalue weighted by molar-refractivity contribution is 0.297. The van der Waals surface area contributed by atoms with Gasteiger partial charge in [-0.1, -0.05) is 42.0 Å². The summed E-state index contributed by atoms with van der Waals surface area (Å²) in [6, 6.07) is 8.55. The van der Waals surface area contributed by atoms with E-state index in [1.807, 2.05) is 18.2 Å². The zero-order valence-corrected chi connectivity index (χ0v) is 16.3. The lowest BCUT2D eigenvalue weighted by atomic mass is 9.80. The van der Waals surface area contributed by atoms with Crippen LogP contribution in [0.3, 0.4) is 0 Å². The van der Waals surface area contributed by atoms with Crippen molar-refractivity contribution in [1.82, 2.24) is 4.98 Å². The summed E-state index contributed by atoms with van der Waals surface area (Å²) < 4.78 is 13.6. The molecule has 1 aliphatic rings. The van der Waals surface area contributed by atoms with Crippen LogP contribution in [0.25, 0.3) is 11.3 Å². The normalized spacial score (nSPS) is 19.2. The number of benzene rings is 1. The van der Waals surface area contributed by atoms with Crippen LogP contribution in [-0.4, -0.2) is 4.98 Å². The lowest BCUT2D eigenvalue weighted by Crippen LogP contribution is -2.13. The van der Waals surface area contributed by atoms with E-state index in [-0.39, 0.29) is 5.02 Å². The van der Waals surface area contributed by atoms with Gasteiger partial charge in [-0.15, -0.1) is 6.58 Å². The van der Waals surface area contributed by atoms with Gasteiger partial charge in [0.15, 0.2) is 0 Å². The average molecular weight is 382 g/mol. The molecule has 0 unspecified atom stereocenters. The largest absolute Gasteiger partial charge is 0.255 e. The Morgan fingerprint density at radius 2 is 2.00 bits per heavy atom. The standard InChI is InChI=1S/C24H25ClFN/c1-2-3-4-5-18-6-8-19(9-7-18)10-11-20-12-15-24(27-17-20)21-13-14-22(25)23(26)16-21/h2,12-19H,1,3-9H2. The Morgan fingerprint density at radius 3 is 2.67 bits per heavy atom. The maximum absolute atomic E-state index is 13.6. The maximum Gasteiger partial charge on any atom is 0.142 e. The van der Waals surface area contributed by atoms with Gasteiger partial charge in [-0.05, 0) is 68.7 Å². The fourth-order valence-electron chi connectivity index (χ4n) is 3.63. The summed E-state index contributed by atoms with van der Waals surface area (Å²) in [6.07, 6.45) is 12.5. The van der Waals surface area contributed by atoms with Gasteiger partial charge in [-0.3, -0.25) is 4.98 Å². The van der Waals surface area contributed by atoms with Gasteiger partial charge in [0.25, 0.3) is 0 Å². The van der Waals surface area contributed by atoms with Gasteiger partial charge >= 0.3 is 0 Å². The third-order valence-electron chi connectivity index (χ3n) is 5.27. The topological polar surface area (TPSA) is 12.9 Å². The van der Waals surface area contributed by atoms with E-state index >= 15 is 0 Å². The number of rotatable bonds is 5. The Morgan fingerprint density at radius 1 is 1.19 bits per heavy atom. The Hall–Kier alpha value is -2.11. The first-order chi connectivity index (χ1) is 13.2. The first-order valence-electron chi connectivity index (χ1n) is 9.69. The highest BCUT2D eigenvalue weighted by Gasteiger charge is 2.19. The summed E-state index contributed by atoms with van der Waals surface area (Å²) >= 11 is 5.73. The predicted octanol–water partition coefficient (Wildman–Crippen LogP) is 7.06. The SMILES string of the molecule is C=CCCCC1CCC(C#Cc2ccc(-c3ccc(Cl)c(F)c3)nc2)CC1. The zero-order chi connectivity index (χ0) is 19.1. The van der Waals surface area contributed by atoms with E-state index in [1.54, 1.807) is 18.3 Å². The van der Waals surface area contributed by atoms with Crippen LogP contribution in [0, 0.1) is 29.5 Å². The zero-order valence-electron chi connectivity index (χ0n) is 15.6. The molecule has 0 bridgehead atoms. The molecule has 1 nitrogen and oxygen atoms in total. The molecule has 3 rings (SSSR count). The predicted molar refractivity (Wildman–Crippen MR) is 111 cm³/mol. The molecular formula is C24H25ClFN. The summed E-state index contributed by atoms with van der Waals surface area (Å²) in [7, 11) is 0. The molecule has 1 aliphatic carbocycles. The van der Waals surface area contributed by atoms with Crippen molar-refractivity contribution < 1.29 is 4.39 Å². The van der Waals surface area contributed by atoms with E-state index in [0.29, 0.717) is 11.5 Å². The molecule has 0 saturated heterocycles. The fourth-order valence-corrected chi connectivity index (χ4v) is 3.74. The average Bonchev–Trinajstić information content (AvgIpc) is 2.70. The first kappa shape index (κ1) is 19.6. The van der Waals surface area contributed by atoms with Crippen LogP contribution in [0.4, 0.5) is 4.39 Å². The molecule has 0 amide bonds. The molecule has 2 aromatic rings. The summed E-state index contributed by atoms with van der Waals surface area (Å²) in [5.41, 5.74) is 2.34. The second-order valence-electron chi connectivity index (χ2n) is 7.27. The Kier molecular flexibility index (Phi) is 7.07. The maximum atomic E-state index is 13.6. The first-order valence-corrected chi connectivity index (χ1v) is 10.1. The van der Waals surface area contributed by atoms with Gasteiger partial charge in [0.1, 0.15) is 5.82 Å². The van der Waals surface area contributed by atoms with Crippen molar-refractivity contribution >= 4 is 11.6 Å². The summed E-state index contributed by atoms with van der Waals surface area (Å²) in [4.78, 5) is 4.42. The van der Waals surface area contributed by atoms with E-state index in [2.05, 4.69) is 23.4 Å². The summed E-state index contributed by atoms with van der Waals surface area (Å²) in [5.74, 6) is 7.60. The highest BCUT2D eigenvalue weighted by molar-refractivity contribution is 6.30. The van der Waals surface area contributed by atoms with Crippen molar-refractivity contribution in [2.24, 2.45) is 11.8 Å². The lowest BCUT2D eigenvalue weighted by Gasteiger charge is -2.25. The highest BCUT2D eigenvalue weighted by atomic mass is 35.5. The van der Waals surface area contributed by atoms with Crippen LogP contribution >= 0.6 is 11.6 Å². The molecule has 0 N–H and O–H groups in total. The Bertz CT molecular complexity index is 824. The third-order valence-corrected chi connectivity index (χ3v) is 5.57. The molecular weight excluding hydrogens is 357 g/mol. The Balaban J connectivity index is 1.55. The van der Waals surface area contributed by atoms with Crippen LogP contribution in [0.1, 0.15) is 50.5 Å². The number of pyridine rings is 1. The molecule has 1 heterocycles. The van der Waals surface area contributed by atoms with Gasteiger partial charge in [-0.25, -0.2) is 4.39 Å². The molecule has 1 saturated carbocycles. The molecule has 0 atom stereocenters. The molecule has 1 aromatic carbocycles. The van der Waals surface area contributed by atoms with Crippen molar-refractivity contribution in [3.8, 4) is 23.1 Å². The molecule has 140 valence electrons. The van der Waals surface area contributed by atoms with Crippen molar-refractivity contribution in [2.45, 2.75) is 44.9 Å². The number of nitrogens with zero attached hydrogens (tertiary/aromatic N) is 1. The minimum atomic E-state index is -0.431. The van der Waals surface area contributed by atoms with Crippen molar-refractivity contribution in [3.05, 3.63) is 65.6 Å². The Labute approximate surface area is 166 Å². The number of unbranched alkanes of at least 4 members (excludes halogenated alkanes) is 1. The van der Waals surface area contributed by atoms with Crippen molar-refractivity contribution in [1.29, 1.82) is 0 Å². The van der Waals surface area contributed by atoms with E-state index in [1.165, 1.54) is 44.6 Å². The summed E-state index contributed by atoms with van der Waals surface area (Å²) in [6.45, 7) is 3.79. The molecule has 1 fully saturated rings. The molecule has 0 aliphatic heterocycles. The van der Waals surface area contributed by atoms with Crippen LogP contribution in [0.5, 0.6) is 0 Å². The second kappa shape index (κ2) is 9.72. The minimum absolute atomic E-state index is 0.122. The van der Waals surface area contributed by atoms with E-state index < -0.39 is 5.82 Å². The molecule has 27 heavy (non-hydrogen) atoms. The highest BCUT2D eigenvalue weighted by Crippen LogP contribution is 2.31. The van der Waals surface area contributed by atoms with Gasteiger partial charge in [0.2, 0.25) is 0 Å². The molecule has 0 radical (unpaired) electrons. The van der Waals surface area contributed by atoms with E-state index in [9.17, 15) is 4.39 Å². The molecule has 3 heteroatoms. The van der Waals surface area contributed by atoms with Gasteiger partial charge in [-0.2, -0.15) is 0 Å². The quantitative estimate of drug-likeness (QED) is 0.307. The van der Waals surface area contributed by atoms with Gasteiger partial charge in [0, 0.05) is 23.2 Å². The fraction of sp³-hybridized carbons (Fsp3) is 0.375. The van der Waals surface area contributed by atoms with Crippen LogP contribution in [0.2, 0.25) is 5.02 Å². The summed E-state index contributed by atoms with van der Waals surface area (Å²) in [5, 5.41) is 0.122. The van der Waals surface area contributed by atoms with Crippen molar-refractivity contribution in [3.63, 3.8) is 0 Å². The molecule has 1 aromatic heterocycles. The van der Waals surface area contributed by atoms with Gasteiger partial charge in [0.05, 0.1) is 10.7 Å². The number of halogens is 2. The van der Waals surface area contributed by atoms with Crippen LogP contribution in [0.15, 0.2) is 49.2 Å². The van der Waals surface area contributed by atoms with Gasteiger partial charge < -0.3 is 0 Å². The number of hydrogen-bond acceptors (Lipinski definition) is 1. The van der Waals surface area contributed by atoms with E-state index in [0.717, 1.165) is 23.6 Å². The minimum Gasteiger partial charge on any atom is -0.255 e. The monoisotopic (exact) mass is 381 g/mol. The van der Waals surface area contributed by atoms with Crippen LogP contribution in [-0.2, 0) is 0 Å². The number of hydrogen-bond donors (Lipinski definition) is 0. The van der Waals surface area contributed by atoms with Crippen molar-refractivity contribution in [2.75, 3.05) is 0 Å². The molecule has 0 spiro atoms.